The van der Waals surface area contributed by atoms with Crippen molar-refractivity contribution in [3.63, 3.8) is 0 Å². The van der Waals surface area contributed by atoms with Gasteiger partial charge in [0.2, 0.25) is 0 Å². The molecule has 2 N–H and O–H groups in total. The molecule has 1 unspecified atom stereocenters. The van der Waals surface area contributed by atoms with Crippen molar-refractivity contribution in [1.82, 2.24) is 9.78 Å². The molecule has 1 aliphatic heterocycles. The van der Waals surface area contributed by atoms with E-state index in [0.29, 0.717) is 13.0 Å². The Morgan fingerprint density at radius 3 is 2.71 bits per heavy atom. The molecule has 1 aliphatic rings. The molecule has 2 heterocycles. The first-order valence-corrected chi connectivity index (χ1v) is 6.53. The maximum absolute atomic E-state index is 13.8. The van der Waals surface area contributed by atoms with Crippen LogP contribution in [0, 0.1) is 5.82 Å². The van der Waals surface area contributed by atoms with E-state index in [4.69, 9.17) is 10.5 Å². The van der Waals surface area contributed by atoms with Crippen LogP contribution >= 0.6 is 0 Å². The van der Waals surface area contributed by atoms with Crippen molar-refractivity contribution >= 4 is 16.6 Å². The summed E-state index contributed by atoms with van der Waals surface area (Å²) in [5.41, 5.74) is 3.52. The molecule has 114 valence electrons. The molecule has 0 amide bonds. The number of nitrogen functional groups attached to an aromatic ring is 1. The average Bonchev–Trinajstić information content (AvgIpc) is 2.87. The molecule has 1 fully saturated rings. The van der Waals surface area contributed by atoms with Crippen molar-refractivity contribution in [3.05, 3.63) is 23.6 Å². The van der Waals surface area contributed by atoms with Gasteiger partial charge in [-0.2, -0.15) is 18.3 Å². The highest BCUT2D eigenvalue weighted by Gasteiger charge is 2.36. The number of nitrogens with zero attached hydrogens (tertiary/aromatic N) is 2. The fraction of sp³-hybridized carbons (Fsp3) is 0.462. The topological polar surface area (TPSA) is 53.1 Å². The van der Waals surface area contributed by atoms with E-state index in [1.165, 1.54) is 10.9 Å². The zero-order valence-electron chi connectivity index (χ0n) is 11.0. The summed E-state index contributed by atoms with van der Waals surface area (Å²) in [6.45, 7) is 0.568. The number of ether oxygens (including phenoxy) is 1. The average molecular weight is 303 g/mol. The molecule has 21 heavy (non-hydrogen) atoms. The Labute approximate surface area is 117 Å². The van der Waals surface area contributed by atoms with Gasteiger partial charge in [-0.25, -0.2) is 9.07 Å². The Morgan fingerprint density at radius 1 is 1.33 bits per heavy atom. The van der Waals surface area contributed by atoms with Gasteiger partial charge in [-0.15, -0.1) is 0 Å². The minimum atomic E-state index is -4.80. The van der Waals surface area contributed by atoms with Crippen molar-refractivity contribution in [1.29, 1.82) is 0 Å². The zero-order chi connectivity index (χ0) is 15.2. The molecule has 0 saturated carbocycles. The van der Waals surface area contributed by atoms with Crippen molar-refractivity contribution in [2.24, 2.45) is 0 Å². The van der Waals surface area contributed by atoms with Crippen LogP contribution in [0.4, 0.5) is 23.2 Å². The summed E-state index contributed by atoms with van der Waals surface area (Å²) in [5.74, 6) is -1.48. The monoisotopic (exact) mass is 303 g/mol. The largest absolute Gasteiger partial charge is 0.419 e. The summed E-state index contributed by atoms with van der Waals surface area (Å²) in [4.78, 5) is 0. The van der Waals surface area contributed by atoms with Gasteiger partial charge in [0.1, 0.15) is 11.7 Å². The van der Waals surface area contributed by atoms with Gasteiger partial charge < -0.3 is 10.5 Å². The number of halogens is 4. The number of nitrogens with two attached hydrogens (primary N) is 1. The van der Waals surface area contributed by atoms with E-state index in [1.807, 2.05) is 0 Å². The Balaban J connectivity index is 2.10. The summed E-state index contributed by atoms with van der Waals surface area (Å²) < 4.78 is 59.0. The predicted octanol–water partition coefficient (Wildman–Crippen LogP) is 3.48. The van der Waals surface area contributed by atoms with Crippen molar-refractivity contribution in [2.45, 2.75) is 31.7 Å². The van der Waals surface area contributed by atoms with Crippen LogP contribution < -0.4 is 5.73 Å². The quantitative estimate of drug-likeness (QED) is 0.648. The number of benzene rings is 1. The highest BCUT2D eigenvalue weighted by molar-refractivity contribution is 5.90. The van der Waals surface area contributed by atoms with E-state index in [9.17, 15) is 17.6 Å². The number of fused-ring (bicyclic) bond motifs is 1. The summed E-state index contributed by atoms with van der Waals surface area (Å²) in [6, 6.07) is 0.730. The lowest BCUT2D eigenvalue weighted by atomic mass is 10.1. The van der Waals surface area contributed by atoms with Crippen molar-refractivity contribution < 1.29 is 22.3 Å². The minimum absolute atomic E-state index is 0.0228. The maximum Gasteiger partial charge on any atom is 0.419 e. The molecular formula is C13H13F4N3O. The molecule has 0 radical (unpaired) electrons. The van der Waals surface area contributed by atoms with Crippen LogP contribution in [0.3, 0.4) is 0 Å². The first kappa shape index (κ1) is 14.1. The van der Waals surface area contributed by atoms with Crippen LogP contribution in [0.2, 0.25) is 0 Å². The molecule has 2 aromatic rings. The van der Waals surface area contributed by atoms with Crippen LogP contribution in [-0.2, 0) is 10.9 Å². The van der Waals surface area contributed by atoms with Crippen LogP contribution in [0.5, 0.6) is 0 Å². The summed E-state index contributed by atoms with van der Waals surface area (Å²) >= 11 is 0. The van der Waals surface area contributed by atoms with Crippen LogP contribution in [0.1, 0.15) is 31.1 Å². The molecule has 8 heteroatoms. The van der Waals surface area contributed by atoms with E-state index in [-0.39, 0.29) is 17.1 Å². The van der Waals surface area contributed by atoms with Gasteiger partial charge in [0.25, 0.3) is 0 Å². The fourth-order valence-corrected chi connectivity index (χ4v) is 2.47. The van der Waals surface area contributed by atoms with E-state index >= 15 is 0 Å². The van der Waals surface area contributed by atoms with Crippen molar-refractivity contribution in [2.75, 3.05) is 12.3 Å². The van der Waals surface area contributed by atoms with Gasteiger partial charge in [0.15, 0.2) is 5.82 Å². The van der Waals surface area contributed by atoms with Crippen LogP contribution in [-0.4, -0.2) is 16.4 Å². The second-order valence-electron chi connectivity index (χ2n) is 5.02. The lowest BCUT2D eigenvalue weighted by Crippen LogP contribution is -2.18. The predicted molar refractivity (Wildman–Crippen MR) is 67.9 cm³/mol. The van der Waals surface area contributed by atoms with Gasteiger partial charge in [-0.3, -0.25) is 0 Å². The highest BCUT2D eigenvalue weighted by Crippen LogP contribution is 2.37. The van der Waals surface area contributed by atoms with Crippen molar-refractivity contribution in [3.8, 4) is 0 Å². The van der Waals surface area contributed by atoms with E-state index in [1.54, 1.807) is 0 Å². The fourth-order valence-electron chi connectivity index (χ4n) is 2.47. The zero-order valence-corrected chi connectivity index (χ0v) is 11.0. The smallest absolute Gasteiger partial charge is 0.395 e. The molecular weight excluding hydrogens is 290 g/mol. The molecule has 0 aliphatic carbocycles. The maximum atomic E-state index is 13.8. The van der Waals surface area contributed by atoms with E-state index < -0.39 is 23.2 Å². The van der Waals surface area contributed by atoms with Crippen LogP contribution in [0.15, 0.2) is 12.3 Å². The third-order valence-corrected chi connectivity index (χ3v) is 3.54. The minimum Gasteiger partial charge on any atom is -0.395 e. The number of aromatic nitrogens is 2. The summed E-state index contributed by atoms with van der Waals surface area (Å²) in [6.07, 6.45) is -1.14. The highest BCUT2D eigenvalue weighted by atomic mass is 19.4. The number of hydrogen-bond acceptors (Lipinski definition) is 3. The Kier molecular flexibility index (Phi) is 3.27. The standard InChI is InChI=1S/C13H13F4N3O/c14-10-8(13(15,16)17)5-7-6-20(19-12(7)11(10)18)9-3-1-2-4-21-9/h5-6,9H,1-4,18H2. The Morgan fingerprint density at radius 2 is 2.10 bits per heavy atom. The van der Waals surface area contributed by atoms with Gasteiger partial charge in [-0.1, -0.05) is 0 Å². The molecule has 1 atom stereocenters. The molecule has 4 nitrogen and oxygen atoms in total. The normalized spacial score (nSPS) is 20.1. The molecule has 3 rings (SSSR count). The molecule has 0 spiro atoms. The second-order valence-corrected chi connectivity index (χ2v) is 5.02. The van der Waals surface area contributed by atoms with Crippen LogP contribution in [0.25, 0.3) is 10.9 Å². The molecule has 1 aromatic heterocycles. The lowest BCUT2D eigenvalue weighted by Gasteiger charge is -2.22. The van der Waals surface area contributed by atoms with Gasteiger partial charge in [0, 0.05) is 18.2 Å². The molecule has 1 aromatic carbocycles. The van der Waals surface area contributed by atoms with Gasteiger partial charge in [-0.05, 0) is 25.3 Å². The first-order chi connectivity index (χ1) is 9.88. The Hall–Kier alpha value is -1.83. The number of rotatable bonds is 1. The number of anilines is 1. The van der Waals surface area contributed by atoms with Gasteiger partial charge >= 0.3 is 6.18 Å². The third kappa shape index (κ3) is 2.44. The number of hydrogen-bond donors (Lipinski definition) is 1. The molecule has 1 saturated heterocycles. The summed E-state index contributed by atoms with van der Waals surface area (Å²) in [7, 11) is 0. The van der Waals surface area contributed by atoms with E-state index in [2.05, 4.69) is 5.10 Å². The lowest BCUT2D eigenvalue weighted by molar-refractivity contribution is -0.139. The Bertz CT molecular complexity index is 674. The second kappa shape index (κ2) is 4.87. The van der Waals surface area contributed by atoms with Gasteiger partial charge in [0.05, 0.1) is 11.3 Å². The number of alkyl halides is 3. The SMILES string of the molecule is Nc1c(F)c(C(F)(F)F)cc2cn(C3CCCCO3)nc12. The van der Waals surface area contributed by atoms with E-state index in [0.717, 1.165) is 18.9 Å². The third-order valence-electron chi connectivity index (χ3n) is 3.54. The summed E-state index contributed by atoms with van der Waals surface area (Å²) in [5, 5.41) is 4.23. The first-order valence-electron chi connectivity index (χ1n) is 6.53. The molecule has 0 bridgehead atoms.